The molecule has 1 aromatic heterocycles. The summed E-state index contributed by atoms with van der Waals surface area (Å²) in [7, 11) is 5.00. The highest BCUT2D eigenvalue weighted by molar-refractivity contribution is 5.59. The van der Waals surface area contributed by atoms with Crippen molar-refractivity contribution in [1.29, 1.82) is 0 Å². The Labute approximate surface area is 143 Å². The average Bonchev–Trinajstić information content (AvgIpc) is 2.83. The third-order valence-corrected chi connectivity index (χ3v) is 4.51. The molecule has 2 aromatic rings. The van der Waals surface area contributed by atoms with Crippen LogP contribution in [0.4, 0.5) is 0 Å². The Morgan fingerprint density at radius 1 is 1.00 bits per heavy atom. The summed E-state index contributed by atoms with van der Waals surface area (Å²) in [6.07, 6.45) is 3.73. The van der Waals surface area contributed by atoms with Gasteiger partial charge in [-0.05, 0) is 36.6 Å². The number of ether oxygens (including phenoxy) is 3. The van der Waals surface area contributed by atoms with E-state index in [9.17, 15) is 0 Å². The van der Waals surface area contributed by atoms with Gasteiger partial charge in [0.05, 0.1) is 27.0 Å². The Balaban J connectivity index is 1.85. The monoisotopic (exact) mass is 328 g/mol. The molecule has 0 fully saturated rings. The van der Waals surface area contributed by atoms with Crippen LogP contribution in [0.5, 0.6) is 17.2 Å². The number of nitrogens with zero attached hydrogens (tertiary/aromatic N) is 2. The summed E-state index contributed by atoms with van der Waals surface area (Å²) in [6, 6.07) is 8.14. The molecule has 0 N–H and O–H groups in total. The van der Waals surface area contributed by atoms with Gasteiger partial charge >= 0.3 is 0 Å². The van der Waals surface area contributed by atoms with Gasteiger partial charge in [0, 0.05) is 31.4 Å². The Bertz CT molecular complexity index is 689. The zero-order valence-electron chi connectivity index (χ0n) is 14.5. The lowest BCUT2D eigenvalue weighted by molar-refractivity contribution is 0.275. The van der Waals surface area contributed by atoms with Crippen molar-refractivity contribution in [3.8, 4) is 17.2 Å². The van der Waals surface area contributed by atoms with Crippen LogP contribution in [0.1, 0.15) is 16.8 Å². The molecule has 0 radical (unpaired) electrons. The predicted molar refractivity (Wildman–Crippen MR) is 93.0 cm³/mol. The third-order valence-electron chi connectivity index (χ3n) is 4.51. The first kappa shape index (κ1) is 16.6. The highest BCUT2D eigenvalue weighted by atomic mass is 16.5. The van der Waals surface area contributed by atoms with E-state index in [1.54, 1.807) is 21.3 Å². The van der Waals surface area contributed by atoms with Crippen LogP contribution in [0.3, 0.4) is 0 Å². The third kappa shape index (κ3) is 3.31. The topological polar surface area (TPSA) is 43.8 Å². The standard InChI is InChI=1S/C19H24N2O3/c1-22-17-12-14-7-10-21(13-15-6-4-5-9-20-15)11-8-16(14)18(23-2)19(17)24-3/h4-6,9,12H,7-8,10-11,13H2,1-3H3. The second kappa shape index (κ2) is 7.53. The fraction of sp³-hybridized carbons (Fsp3) is 0.421. The first-order chi connectivity index (χ1) is 11.8. The van der Waals surface area contributed by atoms with Crippen LogP contribution in [0, 0.1) is 0 Å². The van der Waals surface area contributed by atoms with E-state index < -0.39 is 0 Å². The van der Waals surface area contributed by atoms with E-state index in [0.717, 1.165) is 49.7 Å². The van der Waals surface area contributed by atoms with Crippen LogP contribution < -0.4 is 14.2 Å². The lowest BCUT2D eigenvalue weighted by atomic mass is 10.0. The molecule has 24 heavy (non-hydrogen) atoms. The minimum absolute atomic E-state index is 0.678. The second-order valence-corrected chi connectivity index (χ2v) is 5.88. The minimum atomic E-state index is 0.678. The summed E-state index contributed by atoms with van der Waals surface area (Å²) in [5, 5.41) is 0. The maximum atomic E-state index is 5.65. The maximum absolute atomic E-state index is 5.65. The van der Waals surface area contributed by atoms with Gasteiger partial charge in [0.15, 0.2) is 11.5 Å². The molecule has 1 aromatic carbocycles. The van der Waals surface area contributed by atoms with Gasteiger partial charge in [-0.15, -0.1) is 0 Å². The Kier molecular flexibility index (Phi) is 5.20. The molecule has 0 aliphatic carbocycles. The number of benzene rings is 1. The summed E-state index contributed by atoms with van der Waals surface area (Å²) in [4.78, 5) is 6.87. The normalized spacial score (nSPS) is 14.6. The van der Waals surface area contributed by atoms with E-state index in [1.165, 1.54) is 11.1 Å². The highest BCUT2D eigenvalue weighted by Gasteiger charge is 2.23. The van der Waals surface area contributed by atoms with Crippen molar-refractivity contribution in [1.82, 2.24) is 9.88 Å². The number of fused-ring (bicyclic) bond motifs is 1. The first-order valence-corrected chi connectivity index (χ1v) is 8.19. The number of rotatable bonds is 5. The van der Waals surface area contributed by atoms with Crippen molar-refractivity contribution in [2.75, 3.05) is 34.4 Å². The van der Waals surface area contributed by atoms with Crippen LogP contribution in [-0.4, -0.2) is 44.3 Å². The van der Waals surface area contributed by atoms with Gasteiger partial charge in [0.1, 0.15) is 0 Å². The van der Waals surface area contributed by atoms with E-state index in [-0.39, 0.29) is 0 Å². The lowest BCUT2D eigenvalue weighted by Crippen LogP contribution is -2.26. The van der Waals surface area contributed by atoms with Crippen LogP contribution in [0.2, 0.25) is 0 Å². The summed E-state index contributed by atoms with van der Waals surface area (Å²) < 4.78 is 16.6. The molecular formula is C19H24N2O3. The lowest BCUT2D eigenvalue weighted by Gasteiger charge is -2.19. The first-order valence-electron chi connectivity index (χ1n) is 8.19. The van der Waals surface area contributed by atoms with Gasteiger partial charge in [-0.25, -0.2) is 0 Å². The van der Waals surface area contributed by atoms with Crippen molar-refractivity contribution in [3.63, 3.8) is 0 Å². The van der Waals surface area contributed by atoms with Crippen molar-refractivity contribution in [3.05, 3.63) is 47.3 Å². The zero-order valence-corrected chi connectivity index (χ0v) is 14.5. The summed E-state index contributed by atoms with van der Waals surface area (Å²) in [6.45, 7) is 2.82. The van der Waals surface area contributed by atoms with Crippen molar-refractivity contribution in [2.24, 2.45) is 0 Å². The highest BCUT2D eigenvalue weighted by Crippen LogP contribution is 2.43. The van der Waals surface area contributed by atoms with Crippen LogP contribution in [-0.2, 0) is 19.4 Å². The van der Waals surface area contributed by atoms with Gasteiger partial charge in [0.25, 0.3) is 0 Å². The molecule has 1 aliphatic heterocycles. The molecule has 1 aliphatic rings. The summed E-state index contributed by atoms with van der Waals surface area (Å²) >= 11 is 0. The Morgan fingerprint density at radius 2 is 1.79 bits per heavy atom. The fourth-order valence-electron chi connectivity index (χ4n) is 3.30. The van der Waals surface area contributed by atoms with E-state index in [1.807, 2.05) is 18.3 Å². The largest absolute Gasteiger partial charge is 0.493 e. The van der Waals surface area contributed by atoms with Crippen LogP contribution in [0.25, 0.3) is 0 Å². The number of aromatic nitrogens is 1. The van der Waals surface area contributed by atoms with Crippen molar-refractivity contribution < 1.29 is 14.2 Å². The van der Waals surface area contributed by atoms with E-state index in [2.05, 4.69) is 22.0 Å². The van der Waals surface area contributed by atoms with Gasteiger partial charge in [-0.2, -0.15) is 0 Å². The van der Waals surface area contributed by atoms with Crippen LogP contribution in [0.15, 0.2) is 30.5 Å². The molecule has 0 amide bonds. The van der Waals surface area contributed by atoms with Gasteiger partial charge in [-0.1, -0.05) is 6.07 Å². The van der Waals surface area contributed by atoms with E-state index in [0.29, 0.717) is 5.75 Å². The summed E-state index contributed by atoms with van der Waals surface area (Å²) in [5.74, 6) is 2.20. The minimum Gasteiger partial charge on any atom is -0.493 e. The number of hydrogen-bond donors (Lipinski definition) is 0. The molecule has 5 nitrogen and oxygen atoms in total. The van der Waals surface area contributed by atoms with E-state index in [4.69, 9.17) is 14.2 Å². The second-order valence-electron chi connectivity index (χ2n) is 5.88. The average molecular weight is 328 g/mol. The van der Waals surface area contributed by atoms with Gasteiger partial charge < -0.3 is 14.2 Å². The molecule has 3 rings (SSSR count). The molecule has 5 heteroatoms. The number of hydrogen-bond acceptors (Lipinski definition) is 5. The zero-order chi connectivity index (χ0) is 16.9. The molecule has 0 saturated carbocycles. The predicted octanol–water partition coefficient (Wildman–Crippen LogP) is 2.71. The van der Waals surface area contributed by atoms with Crippen LogP contribution >= 0.6 is 0 Å². The van der Waals surface area contributed by atoms with Gasteiger partial charge in [-0.3, -0.25) is 9.88 Å². The molecule has 128 valence electrons. The molecule has 0 saturated heterocycles. The summed E-state index contributed by atoms with van der Waals surface area (Å²) in [5.41, 5.74) is 3.59. The quantitative estimate of drug-likeness (QED) is 0.844. The van der Waals surface area contributed by atoms with Crippen molar-refractivity contribution >= 4 is 0 Å². The smallest absolute Gasteiger partial charge is 0.203 e. The molecular weight excluding hydrogens is 304 g/mol. The Hall–Kier alpha value is -2.27. The van der Waals surface area contributed by atoms with Gasteiger partial charge in [0.2, 0.25) is 5.75 Å². The maximum Gasteiger partial charge on any atom is 0.203 e. The Morgan fingerprint density at radius 3 is 2.46 bits per heavy atom. The SMILES string of the molecule is COc1cc2c(c(OC)c1OC)CCN(Cc1ccccn1)CC2. The molecule has 0 spiro atoms. The number of pyridine rings is 1. The molecule has 0 bridgehead atoms. The molecule has 2 heterocycles. The fourth-order valence-corrected chi connectivity index (χ4v) is 3.30. The molecule has 0 unspecified atom stereocenters. The number of methoxy groups -OCH3 is 3. The molecule has 0 atom stereocenters. The van der Waals surface area contributed by atoms with E-state index >= 15 is 0 Å². The van der Waals surface area contributed by atoms with Crippen molar-refractivity contribution in [2.45, 2.75) is 19.4 Å².